The van der Waals surface area contributed by atoms with Gasteiger partial charge in [-0.05, 0) is 47.6 Å². The molecule has 1 heterocycles. The van der Waals surface area contributed by atoms with Gasteiger partial charge in [0.15, 0.2) is 0 Å². The number of hydrogen-bond acceptors (Lipinski definition) is 2. The van der Waals surface area contributed by atoms with Gasteiger partial charge in [0.2, 0.25) is 0 Å². The van der Waals surface area contributed by atoms with Crippen LogP contribution in [0.5, 0.6) is 0 Å². The van der Waals surface area contributed by atoms with Crippen molar-refractivity contribution < 1.29 is 9.90 Å². The van der Waals surface area contributed by atoms with Crippen LogP contribution in [0.2, 0.25) is 0 Å². The van der Waals surface area contributed by atoms with Crippen LogP contribution < -0.4 is 5.32 Å². The van der Waals surface area contributed by atoms with Gasteiger partial charge in [-0.25, -0.2) is 4.79 Å². The Morgan fingerprint density at radius 3 is 2.52 bits per heavy atom. The highest BCUT2D eigenvalue weighted by Crippen LogP contribution is 2.34. The quantitative estimate of drug-likeness (QED) is 0.904. The Morgan fingerprint density at radius 2 is 1.87 bits per heavy atom. The number of urea groups is 1. The third-order valence-electron chi connectivity index (χ3n) is 5.20. The summed E-state index contributed by atoms with van der Waals surface area (Å²) >= 11 is 0. The van der Waals surface area contributed by atoms with Crippen LogP contribution in [0.3, 0.4) is 0 Å². The predicted octanol–water partition coefficient (Wildman–Crippen LogP) is 3.86. The number of hydrogen-bond donors (Lipinski definition) is 2. The van der Waals surface area contributed by atoms with Crippen molar-refractivity contribution in [2.75, 3.05) is 25.0 Å². The van der Waals surface area contributed by atoms with E-state index in [2.05, 4.69) is 18.3 Å². The number of fused-ring (bicyclic) bond motifs is 1. The molecule has 1 fully saturated rings. The Hall–Kier alpha value is -2.07. The number of anilines is 1. The lowest BCUT2D eigenvalue weighted by molar-refractivity contribution is 0.0542. The average Bonchev–Trinajstić information content (AvgIpc) is 2.61. The molecule has 2 aromatic rings. The Kier molecular flexibility index (Phi) is 4.53. The molecule has 1 saturated heterocycles. The smallest absolute Gasteiger partial charge is 0.321 e. The van der Waals surface area contributed by atoms with Crippen LogP contribution in [0.4, 0.5) is 10.5 Å². The maximum Gasteiger partial charge on any atom is 0.321 e. The molecule has 122 valence electrons. The van der Waals surface area contributed by atoms with E-state index in [9.17, 15) is 9.90 Å². The highest BCUT2D eigenvalue weighted by Gasteiger charge is 2.33. The SMILES string of the molecule is CCC1(CO)CCN(C(=O)Nc2ccc3ccccc3c2)CC1. The molecule has 23 heavy (non-hydrogen) atoms. The summed E-state index contributed by atoms with van der Waals surface area (Å²) in [5.74, 6) is 0. The molecule has 0 aliphatic carbocycles. The Balaban J connectivity index is 1.65. The summed E-state index contributed by atoms with van der Waals surface area (Å²) in [4.78, 5) is 14.3. The summed E-state index contributed by atoms with van der Waals surface area (Å²) in [5, 5.41) is 14.9. The average molecular weight is 312 g/mol. The van der Waals surface area contributed by atoms with Gasteiger partial charge < -0.3 is 15.3 Å². The van der Waals surface area contributed by atoms with Crippen molar-refractivity contribution in [1.82, 2.24) is 4.90 Å². The monoisotopic (exact) mass is 312 g/mol. The van der Waals surface area contributed by atoms with Gasteiger partial charge in [-0.3, -0.25) is 0 Å². The van der Waals surface area contributed by atoms with Crippen molar-refractivity contribution in [1.29, 1.82) is 0 Å². The minimum atomic E-state index is -0.0528. The van der Waals surface area contributed by atoms with E-state index in [4.69, 9.17) is 0 Å². The molecular weight excluding hydrogens is 288 g/mol. The van der Waals surface area contributed by atoms with E-state index < -0.39 is 0 Å². The highest BCUT2D eigenvalue weighted by molar-refractivity contribution is 5.93. The number of piperidine rings is 1. The second-order valence-electron chi connectivity index (χ2n) is 6.49. The number of carbonyl (C=O) groups excluding carboxylic acids is 1. The molecule has 2 N–H and O–H groups in total. The molecule has 0 bridgehead atoms. The van der Waals surface area contributed by atoms with Gasteiger partial charge in [-0.15, -0.1) is 0 Å². The van der Waals surface area contributed by atoms with Crippen molar-refractivity contribution in [2.45, 2.75) is 26.2 Å². The molecule has 0 saturated carbocycles. The van der Waals surface area contributed by atoms with E-state index in [1.165, 1.54) is 5.39 Å². The zero-order chi connectivity index (χ0) is 16.3. The summed E-state index contributed by atoms with van der Waals surface area (Å²) in [6.07, 6.45) is 2.69. The van der Waals surface area contributed by atoms with Gasteiger partial charge in [-0.2, -0.15) is 0 Å². The first-order valence-corrected chi connectivity index (χ1v) is 8.31. The van der Waals surface area contributed by atoms with Gasteiger partial charge in [-0.1, -0.05) is 37.3 Å². The number of rotatable bonds is 3. The number of benzene rings is 2. The molecule has 0 spiro atoms. The fourth-order valence-corrected chi connectivity index (χ4v) is 3.28. The zero-order valence-corrected chi connectivity index (χ0v) is 13.6. The summed E-state index contributed by atoms with van der Waals surface area (Å²) < 4.78 is 0. The minimum absolute atomic E-state index is 0.000269. The van der Waals surface area contributed by atoms with Crippen LogP contribution in [-0.2, 0) is 0 Å². The van der Waals surface area contributed by atoms with Crippen LogP contribution in [0, 0.1) is 5.41 Å². The molecule has 4 heteroatoms. The second kappa shape index (κ2) is 6.59. The fourth-order valence-electron chi connectivity index (χ4n) is 3.28. The van der Waals surface area contributed by atoms with Gasteiger partial charge in [0.05, 0.1) is 0 Å². The number of nitrogens with one attached hydrogen (secondary N) is 1. The van der Waals surface area contributed by atoms with E-state index in [-0.39, 0.29) is 18.1 Å². The highest BCUT2D eigenvalue weighted by atomic mass is 16.3. The van der Waals surface area contributed by atoms with Crippen LogP contribution in [0.15, 0.2) is 42.5 Å². The van der Waals surface area contributed by atoms with E-state index >= 15 is 0 Å². The number of aliphatic hydroxyl groups excluding tert-OH is 1. The molecule has 0 atom stereocenters. The molecule has 2 amide bonds. The maximum atomic E-state index is 12.4. The minimum Gasteiger partial charge on any atom is -0.396 e. The Bertz CT molecular complexity index is 685. The van der Waals surface area contributed by atoms with E-state index in [1.807, 2.05) is 41.3 Å². The number of nitrogens with zero attached hydrogens (tertiary/aromatic N) is 1. The topological polar surface area (TPSA) is 52.6 Å². The number of carbonyl (C=O) groups is 1. The number of aliphatic hydroxyl groups is 1. The standard InChI is InChI=1S/C19H24N2O2/c1-2-19(14-22)9-11-21(12-10-19)18(23)20-17-8-7-15-5-3-4-6-16(15)13-17/h3-8,13,22H,2,9-12,14H2,1H3,(H,20,23). The van der Waals surface area contributed by atoms with E-state index in [1.54, 1.807) is 0 Å². The molecular formula is C19H24N2O2. The first-order valence-electron chi connectivity index (χ1n) is 8.31. The van der Waals surface area contributed by atoms with Crippen LogP contribution in [0.1, 0.15) is 26.2 Å². The lowest BCUT2D eigenvalue weighted by Gasteiger charge is -2.40. The van der Waals surface area contributed by atoms with E-state index in [0.29, 0.717) is 13.1 Å². The van der Waals surface area contributed by atoms with Crippen molar-refractivity contribution in [2.24, 2.45) is 5.41 Å². The maximum absolute atomic E-state index is 12.4. The lowest BCUT2D eigenvalue weighted by atomic mass is 9.77. The van der Waals surface area contributed by atoms with Crippen LogP contribution in [-0.4, -0.2) is 35.7 Å². The molecule has 3 rings (SSSR count). The molecule has 1 aliphatic rings. The summed E-state index contributed by atoms with van der Waals surface area (Å²) in [6, 6.07) is 14.0. The van der Waals surface area contributed by atoms with Crippen LogP contribution in [0.25, 0.3) is 10.8 Å². The summed E-state index contributed by atoms with van der Waals surface area (Å²) in [6.45, 7) is 3.73. The predicted molar refractivity (Wildman–Crippen MR) is 93.6 cm³/mol. The third-order valence-corrected chi connectivity index (χ3v) is 5.20. The molecule has 0 unspecified atom stereocenters. The largest absolute Gasteiger partial charge is 0.396 e. The Morgan fingerprint density at radius 1 is 1.17 bits per heavy atom. The summed E-state index contributed by atoms with van der Waals surface area (Å²) in [7, 11) is 0. The number of likely N-dealkylation sites (tertiary alicyclic amines) is 1. The van der Waals surface area contributed by atoms with E-state index in [0.717, 1.165) is 30.3 Å². The van der Waals surface area contributed by atoms with Crippen molar-refractivity contribution in [3.8, 4) is 0 Å². The van der Waals surface area contributed by atoms with Crippen LogP contribution >= 0.6 is 0 Å². The first-order chi connectivity index (χ1) is 11.2. The normalized spacial score (nSPS) is 17.2. The van der Waals surface area contributed by atoms with Crippen molar-refractivity contribution in [3.63, 3.8) is 0 Å². The molecule has 1 aliphatic heterocycles. The zero-order valence-electron chi connectivity index (χ0n) is 13.6. The fraction of sp³-hybridized carbons (Fsp3) is 0.421. The second-order valence-corrected chi connectivity index (χ2v) is 6.49. The molecule has 0 aromatic heterocycles. The van der Waals surface area contributed by atoms with Crippen molar-refractivity contribution in [3.05, 3.63) is 42.5 Å². The van der Waals surface area contributed by atoms with Gasteiger partial charge >= 0.3 is 6.03 Å². The third kappa shape index (κ3) is 3.32. The molecule has 2 aromatic carbocycles. The van der Waals surface area contributed by atoms with Gasteiger partial charge in [0, 0.05) is 25.4 Å². The number of amides is 2. The molecule has 0 radical (unpaired) electrons. The summed E-state index contributed by atoms with van der Waals surface area (Å²) in [5.41, 5.74) is 0.822. The first kappa shape index (κ1) is 15.8. The molecule has 4 nitrogen and oxygen atoms in total. The van der Waals surface area contributed by atoms with Gasteiger partial charge in [0.1, 0.15) is 0 Å². The lowest BCUT2D eigenvalue weighted by Crippen LogP contribution is -2.46. The van der Waals surface area contributed by atoms with Crippen molar-refractivity contribution >= 4 is 22.5 Å². The van der Waals surface area contributed by atoms with Gasteiger partial charge in [0.25, 0.3) is 0 Å². The Labute approximate surface area is 137 Å².